The van der Waals surface area contributed by atoms with Gasteiger partial charge in [0.1, 0.15) is 0 Å². The number of nitriles is 2. The molecule has 1 aromatic heterocycles. The molecule has 4 heteroatoms. The number of allylic oxidation sites excluding steroid dienone is 11. The Labute approximate surface area is 281 Å². The summed E-state index contributed by atoms with van der Waals surface area (Å²) in [5.41, 5.74) is 14.4. The van der Waals surface area contributed by atoms with E-state index in [1.54, 1.807) is 0 Å². The SMILES string of the molecule is N#CC1=Cc2c(n(-c3ccccc3)c3c(C4=CCCC(C5=CC6c7ccccc7N(C7=CC=CCC7C#N)C6C=C5)=C4)cccc23)CC1. The van der Waals surface area contributed by atoms with E-state index in [1.807, 2.05) is 0 Å². The second kappa shape index (κ2) is 11.4. The van der Waals surface area contributed by atoms with Crippen molar-refractivity contribution in [3.8, 4) is 17.8 Å². The molecule has 48 heavy (non-hydrogen) atoms. The van der Waals surface area contributed by atoms with E-state index in [1.165, 1.54) is 55.7 Å². The van der Waals surface area contributed by atoms with Gasteiger partial charge in [-0.05, 0) is 84.7 Å². The van der Waals surface area contributed by atoms with Gasteiger partial charge in [-0.15, -0.1) is 0 Å². The van der Waals surface area contributed by atoms with Gasteiger partial charge < -0.3 is 9.47 Å². The van der Waals surface area contributed by atoms with E-state index < -0.39 is 0 Å². The van der Waals surface area contributed by atoms with Crippen LogP contribution in [0.3, 0.4) is 0 Å². The number of hydrogen-bond acceptors (Lipinski definition) is 3. The molecule has 5 aliphatic rings. The average molecular weight is 619 g/mol. The van der Waals surface area contributed by atoms with Crippen molar-refractivity contribution in [2.75, 3.05) is 4.90 Å². The standard InChI is InChI=1S/C44H34N4/c45-27-29-20-22-42-38(24-29)37-17-9-16-35(44(37)47(42)34-13-2-1-3-14-34)32-12-8-11-30(25-32)31-21-23-43-39(26-31)36-15-5-7-19-41(36)48(43)40-18-6-4-10-33(40)28-46/h1-7,9,12-19,21,23-26,33,39,43H,8,10-11,20,22H2. The summed E-state index contributed by atoms with van der Waals surface area (Å²) >= 11 is 0. The van der Waals surface area contributed by atoms with Gasteiger partial charge in [0.25, 0.3) is 0 Å². The fraction of sp³-hybridized carbons (Fsp3) is 0.182. The molecule has 0 saturated heterocycles. The lowest BCUT2D eigenvalue weighted by Gasteiger charge is -2.34. The first-order valence-electron chi connectivity index (χ1n) is 17.0. The Kier molecular flexibility index (Phi) is 6.77. The van der Waals surface area contributed by atoms with Gasteiger partial charge in [-0.25, -0.2) is 0 Å². The molecule has 4 nitrogen and oxygen atoms in total. The summed E-state index contributed by atoms with van der Waals surface area (Å²) in [7, 11) is 0. The van der Waals surface area contributed by atoms with Gasteiger partial charge in [-0.1, -0.05) is 97.1 Å². The molecule has 0 spiro atoms. The van der Waals surface area contributed by atoms with Crippen molar-refractivity contribution >= 4 is 28.2 Å². The topological polar surface area (TPSA) is 55.8 Å². The molecular formula is C44H34N4. The van der Waals surface area contributed by atoms with Crippen LogP contribution in [0.1, 0.15) is 54.0 Å². The number of para-hydroxylation sites is 3. The number of hydrogen-bond donors (Lipinski definition) is 0. The summed E-state index contributed by atoms with van der Waals surface area (Å²) in [6, 6.07) is 31.1. The Morgan fingerprint density at radius 3 is 2.58 bits per heavy atom. The van der Waals surface area contributed by atoms with Gasteiger partial charge in [-0.3, -0.25) is 0 Å². The highest BCUT2D eigenvalue weighted by molar-refractivity contribution is 6.02. The molecule has 0 N–H and O–H groups in total. The van der Waals surface area contributed by atoms with Gasteiger partial charge in [0.2, 0.25) is 0 Å². The number of anilines is 1. The van der Waals surface area contributed by atoms with Crippen LogP contribution in [0.15, 0.2) is 144 Å². The Hall–Kier alpha value is -5.84. The molecule has 0 amide bonds. The summed E-state index contributed by atoms with van der Waals surface area (Å²) in [5.74, 6) is 0.0775. The van der Waals surface area contributed by atoms with Gasteiger partial charge in [0.15, 0.2) is 0 Å². The summed E-state index contributed by atoms with van der Waals surface area (Å²) < 4.78 is 2.44. The van der Waals surface area contributed by atoms with E-state index in [0.29, 0.717) is 0 Å². The smallest absolute Gasteiger partial charge is 0.0947 e. The molecule has 3 atom stereocenters. The largest absolute Gasteiger partial charge is 0.336 e. The lowest BCUT2D eigenvalue weighted by Crippen LogP contribution is -2.35. The summed E-state index contributed by atoms with van der Waals surface area (Å²) in [6.07, 6.45) is 24.7. The zero-order chi connectivity index (χ0) is 32.2. The van der Waals surface area contributed by atoms with Crippen molar-refractivity contribution in [3.05, 3.63) is 166 Å². The maximum Gasteiger partial charge on any atom is 0.0947 e. The molecular weight excluding hydrogens is 585 g/mol. The van der Waals surface area contributed by atoms with E-state index in [9.17, 15) is 10.5 Å². The first kappa shape index (κ1) is 28.4. The fourth-order valence-electron chi connectivity index (χ4n) is 8.47. The third-order valence-electron chi connectivity index (χ3n) is 10.6. The van der Waals surface area contributed by atoms with Crippen LogP contribution in [0, 0.1) is 28.6 Å². The lowest BCUT2D eigenvalue weighted by molar-refractivity contribution is 0.655. The van der Waals surface area contributed by atoms with E-state index in [0.717, 1.165) is 49.1 Å². The van der Waals surface area contributed by atoms with Crippen LogP contribution in [0.4, 0.5) is 5.69 Å². The molecule has 3 unspecified atom stereocenters. The molecule has 0 saturated carbocycles. The first-order chi connectivity index (χ1) is 23.7. The van der Waals surface area contributed by atoms with E-state index >= 15 is 0 Å². The third-order valence-corrected chi connectivity index (χ3v) is 10.6. The Balaban J connectivity index is 1.13. The Morgan fingerprint density at radius 2 is 1.71 bits per heavy atom. The minimum Gasteiger partial charge on any atom is -0.336 e. The van der Waals surface area contributed by atoms with Gasteiger partial charge in [0, 0.05) is 50.8 Å². The minimum absolute atomic E-state index is 0.139. The van der Waals surface area contributed by atoms with Crippen molar-refractivity contribution in [3.63, 3.8) is 0 Å². The minimum atomic E-state index is -0.139. The van der Waals surface area contributed by atoms with Crippen LogP contribution >= 0.6 is 0 Å². The summed E-state index contributed by atoms with van der Waals surface area (Å²) in [5, 5.41) is 21.0. The molecule has 1 aliphatic heterocycles. The molecule has 2 heterocycles. The number of fused-ring (bicyclic) bond motifs is 6. The first-order valence-corrected chi connectivity index (χ1v) is 17.0. The van der Waals surface area contributed by atoms with Gasteiger partial charge in [-0.2, -0.15) is 10.5 Å². The van der Waals surface area contributed by atoms with Crippen molar-refractivity contribution in [1.29, 1.82) is 10.5 Å². The number of nitrogens with zero attached hydrogens (tertiary/aromatic N) is 4. The van der Waals surface area contributed by atoms with Crippen molar-refractivity contribution < 1.29 is 0 Å². The monoisotopic (exact) mass is 618 g/mol. The zero-order valence-corrected chi connectivity index (χ0v) is 26.7. The van der Waals surface area contributed by atoms with Crippen LogP contribution < -0.4 is 4.90 Å². The Morgan fingerprint density at radius 1 is 0.833 bits per heavy atom. The zero-order valence-electron chi connectivity index (χ0n) is 26.7. The maximum absolute atomic E-state index is 10.0. The molecule has 9 rings (SSSR count). The van der Waals surface area contributed by atoms with E-state index in [-0.39, 0.29) is 17.9 Å². The quantitative estimate of drug-likeness (QED) is 0.229. The molecule has 3 aromatic carbocycles. The van der Waals surface area contributed by atoms with Crippen LogP contribution in [-0.4, -0.2) is 10.6 Å². The highest BCUT2D eigenvalue weighted by Gasteiger charge is 2.41. The van der Waals surface area contributed by atoms with Crippen molar-refractivity contribution in [2.24, 2.45) is 5.92 Å². The summed E-state index contributed by atoms with van der Waals surface area (Å²) in [4.78, 5) is 2.41. The molecule has 0 fully saturated rings. The van der Waals surface area contributed by atoms with Crippen LogP contribution in [0.2, 0.25) is 0 Å². The average Bonchev–Trinajstić information content (AvgIpc) is 3.67. The number of benzene rings is 3. The van der Waals surface area contributed by atoms with E-state index in [2.05, 4.69) is 149 Å². The molecule has 230 valence electrons. The van der Waals surface area contributed by atoms with E-state index in [4.69, 9.17) is 0 Å². The van der Waals surface area contributed by atoms with Crippen LogP contribution in [0.5, 0.6) is 0 Å². The van der Waals surface area contributed by atoms with Gasteiger partial charge in [0.05, 0.1) is 29.6 Å². The maximum atomic E-state index is 10.0. The normalized spacial score (nSPS) is 22.3. The van der Waals surface area contributed by atoms with Crippen LogP contribution in [0.25, 0.3) is 28.2 Å². The molecule has 0 bridgehead atoms. The fourth-order valence-corrected chi connectivity index (χ4v) is 8.47. The Bertz CT molecular complexity index is 2300. The second-order valence-corrected chi connectivity index (χ2v) is 13.2. The predicted molar refractivity (Wildman–Crippen MR) is 194 cm³/mol. The highest BCUT2D eigenvalue weighted by Crippen LogP contribution is 2.49. The third kappa shape index (κ3) is 4.41. The van der Waals surface area contributed by atoms with Crippen molar-refractivity contribution in [1.82, 2.24) is 4.57 Å². The predicted octanol–water partition coefficient (Wildman–Crippen LogP) is 10.0. The van der Waals surface area contributed by atoms with Crippen molar-refractivity contribution in [2.45, 2.75) is 44.1 Å². The highest BCUT2D eigenvalue weighted by atomic mass is 15.2. The number of aromatic nitrogens is 1. The molecule has 4 aromatic rings. The molecule has 4 aliphatic carbocycles. The lowest BCUT2D eigenvalue weighted by atomic mass is 9.82. The van der Waals surface area contributed by atoms with Crippen LogP contribution in [-0.2, 0) is 6.42 Å². The summed E-state index contributed by atoms with van der Waals surface area (Å²) in [6.45, 7) is 0. The second-order valence-electron chi connectivity index (χ2n) is 13.2. The number of rotatable bonds is 4. The van der Waals surface area contributed by atoms with Gasteiger partial charge >= 0.3 is 0 Å². The molecule has 0 radical (unpaired) electrons.